The third kappa shape index (κ3) is 4.50. The first-order valence-electron chi connectivity index (χ1n) is 8.05. The molecule has 2 aromatic rings. The molecule has 0 radical (unpaired) electrons. The zero-order valence-corrected chi connectivity index (χ0v) is 13.7. The highest BCUT2D eigenvalue weighted by atomic mass is 16.5. The Balaban J connectivity index is 1.53. The van der Waals surface area contributed by atoms with Crippen molar-refractivity contribution in [1.29, 1.82) is 0 Å². The van der Waals surface area contributed by atoms with Crippen LogP contribution in [0.4, 0.5) is 0 Å². The second-order valence-corrected chi connectivity index (χ2v) is 5.80. The normalized spacial score (nSPS) is 18.8. The van der Waals surface area contributed by atoms with E-state index >= 15 is 0 Å². The van der Waals surface area contributed by atoms with Gasteiger partial charge in [-0.1, -0.05) is 18.2 Å². The van der Waals surface area contributed by atoms with Gasteiger partial charge in [-0.15, -0.1) is 0 Å². The number of hydrogen-bond acceptors (Lipinski definition) is 5. The Morgan fingerprint density at radius 2 is 2.04 bits per heavy atom. The molecule has 2 heterocycles. The maximum atomic E-state index is 5.90. The number of nitrogens with zero attached hydrogens (tertiary/aromatic N) is 3. The predicted octanol–water partition coefficient (Wildman–Crippen LogP) is 2.55. The van der Waals surface area contributed by atoms with Crippen LogP contribution in [0.5, 0.6) is 5.75 Å². The lowest BCUT2D eigenvalue weighted by molar-refractivity contribution is -0.0351. The fourth-order valence-electron chi connectivity index (χ4n) is 2.80. The monoisotopic (exact) mass is 313 g/mol. The summed E-state index contributed by atoms with van der Waals surface area (Å²) in [4.78, 5) is 11.2. The summed E-state index contributed by atoms with van der Waals surface area (Å²) in [6.07, 6.45) is 0.0147. The van der Waals surface area contributed by atoms with Crippen LogP contribution in [0.15, 0.2) is 36.4 Å². The van der Waals surface area contributed by atoms with Crippen molar-refractivity contribution in [3.05, 3.63) is 53.6 Å². The Morgan fingerprint density at radius 3 is 2.83 bits per heavy atom. The van der Waals surface area contributed by atoms with Gasteiger partial charge in [-0.2, -0.15) is 0 Å². The van der Waals surface area contributed by atoms with Crippen LogP contribution < -0.4 is 4.74 Å². The Hall–Kier alpha value is -1.98. The molecule has 1 aliphatic rings. The molecule has 0 bridgehead atoms. The molecule has 23 heavy (non-hydrogen) atoms. The molecule has 0 spiro atoms. The van der Waals surface area contributed by atoms with Crippen LogP contribution in [0.1, 0.15) is 23.3 Å². The Labute approximate surface area is 137 Å². The van der Waals surface area contributed by atoms with E-state index in [1.807, 2.05) is 50.2 Å². The molecule has 1 aromatic heterocycles. The van der Waals surface area contributed by atoms with Gasteiger partial charge in [-0.3, -0.25) is 4.90 Å². The summed E-state index contributed by atoms with van der Waals surface area (Å²) < 4.78 is 11.7. The second-order valence-electron chi connectivity index (χ2n) is 5.80. The van der Waals surface area contributed by atoms with Gasteiger partial charge in [0, 0.05) is 25.3 Å². The third-order valence-corrected chi connectivity index (χ3v) is 3.89. The number of hydrogen-bond donors (Lipinski definition) is 0. The molecule has 0 aliphatic carbocycles. The van der Waals surface area contributed by atoms with Crippen LogP contribution in [-0.2, 0) is 4.74 Å². The molecule has 0 N–H and O–H groups in total. The molecule has 5 nitrogen and oxygen atoms in total. The van der Waals surface area contributed by atoms with Crippen LogP contribution in [0, 0.1) is 13.8 Å². The largest absolute Gasteiger partial charge is 0.492 e. The summed E-state index contributed by atoms with van der Waals surface area (Å²) in [5.74, 6) is 1.72. The third-order valence-electron chi connectivity index (χ3n) is 3.89. The topological polar surface area (TPSA) is 47.5 Å². The maximum absolute atomic E-state index is 5.90. The summed E-state index contributed by atoms with van der Waals surface area (Å²) in [7, 11) is 0. The number of aryl methyl sites for hydroxylation is 2. The standard InChI is InChI=1S/C18H23N3O2/c1-14-12-17(20-15(2)19-14)18-13-21(9-11-23-18)8-10-22-16-6-4-3-5-7-16/h3-7,12,18H,8-11,13H2,1-2H3/t18-/m1/s1. The fourth-order valence-corrected chi connectivity index (χ4v) is 2.80. The second kappa shape index (κ2) is 7.53. The van der Waals surface area contributed by atoms with Crippen LogP contribution in [-0.4, -0.2) is 47.7 Å². The molecular formula is C18H23N3O2. The summed E-state index contributed by atoms with van der Waals surface area (Å²) in [5, 5.41) is 0. The van der Waals surface area contributed by atoms with Gasteiger partial charge >= 0.3 is 0 Å². The van der Waals surface area contributed by atoms with Gasteiger partial charge in [-0.05, 0) is 32.0 Å². The Morgan fingerprint density at radius 1 is 1.22 bits per heavy atom. The van der Waals surface area contributed by atoms with Gasteiger partial charge in [0.05, 0.1) is 12.3 Å². The molecule has 3 rings (SSSR count). The minimum absolute atomic E-state index is 0.0147. The highest BCUT2D eigenvalue weighted by Crippen LogP contribution is 2.21. The van der Waals surface area contributed by atoms with Crippen molar-refractivity contribution in [3.63, 3.8) is 0 Å². The Kier molecular flexibility index (Phi) is 5.20. The zero-order valence-electron chi connectivity index (χ0n) is 13.7. The van der Waals surface area contributed by atoms with E-state index in [0.717, 1.165) is 49.2 Å². The number of morpholine rings is 1. The number of ether oxygens (including phenoxy) is 2. The van der Waals surface area contributed by atoms with Crippen LogP contribution in [0.2, 0.25) is 0 Å². The van der Waals surface area contributed by atoms with E-state index in [1.54, 1.807) is 0 Å². The average Bonchev–Trinajstić information content (AvgIpc) is 2.55. The quantitative estimate of drug-likeness (QED) is 0.849. The minimum Gasteiger partial charge on any atom is -0.492 e. The van der Waals surface area contributed by atoms with Gasteiger partial charge in [0.25, 0.3) is 0 Å². The fraction of sp³-hybridized carbons (Fsp3) is 0.444. The molecule has 1 atom stereocenters. The van der Waals surface area contributed by atoms with Crippen molar-refractivity contribution in [2.24, 2.45) is 0 Å². The smallest absolute Gasteiger partial charge is 0.125 e. The molecule has 1 saturated heterocycles. The molecular weight excluding hydrogens is 290 g/mol. The lowest BCUT2D eigenvalue weighted by Gasteiger charge is -2.32. The number of aromatic nitrogens is 2. The van der Waals surface area contributed by atoms with Gasteiger partial charge in [0.15, 0.2) is 0 Å². The highest BCUT2D eigenvalue weighted by molar-refractivity contribution is 5.20. The zero-order chi connectivity index (χ0) is 16.1. The lowest BCUT2D eigenvalue weighted by Crippen LogP contribution is -2.40. The van der Waals surface area contributed by atoms with E-state index in [0.29, 0.717) is 6.61 Å². The Bertz CT molecular complexity index is 613. The van der Waals surface area contributed by atoms with E-state index in [-0.39, 0.29) is 6.10 Å². The number of benzene rings is 1. The summed E-state index contributed by atoms with van der Waals surface area (Å²) in [6.45, 7) is 7.97. The van der Waals surface area contributed by atoms with E-state index in [1.165, 1.54) is 0 Å². The maximum Gasteiger partial charge on any atom is 0.125 e. The summed E-state index contributed by atoms with van der Waals surface area (Å²) in [5.41, 5.74) is 1.96. The molecule has 0 unspecified atom stereocenters. The molecule has 0 amide bonds. The van der Waals surface area contributed by atoms with Crippen molar-refractivity contribution in [2.45, 2.75) is 20.0 Å². The SMILES string of the molecule is Cc1cc([C@H]2CN(CCOc3ccccc3)CCO2)nc(C)n1. The van der Waals surface area contributed by atoms with Crippen LogP contribution in [0.25, 0.3) is 0 Å². The van der Waals surface area contributed by atoms with Crippen LogP contribution >= 0.6 is 0 Å². The number of para-hydroxylation sites is 1. The van der Waals surface area contributed by atoms with Crippen molar-refractivity contribution >= 4 is 0 Å². The summed E-state index contributed by atoms with van der Waals surface area (Å²) in [6, 6.07) is 11.9. The van der Waals surface area contributed by atoms with E-state index in [9.17, 15) is 0 Å². The minimum atomic E-state index is 0.0147. The lowest BCUT2D eigenvalue weighted by atomic mass is 10.2. The van der Waals surface area contributed by atoms with E-state index in [2.05, 4.69) is 14.9 Å². The molecule has 5 heteroatoms. The first kappa shape index (κ1) is 15.9. The van der Waals surface area contributed by atoms with Gasteiger partial charge in [-0.25, -0.2) is 9.97 Å². The number of rotatable bonds is 5. The average molecular weight is 313 g/mol. The van der Waals surface area contributed by atoms with Crippen molar-refractivity contribution in [1.82, 2.24) is 14.9 Å². The van der Waals surface area contributed by atoms with Crippen LogP contribution in [0.3, 0.4) is 0 Å². The van der Waals surface area contributed by atoms with Gasteiger partial charge < -0.3 is 9.47 Å². The van der Waals surface area contributed by atoms with Crippen molar-refractivity contribution in [3.8, 4) is 5.75 Å². The molecule has 1 fully saturated rings. The van der Waals surface area contributed by atoms with Gasteiger partial charge in [0.1, 0.15) is 24.3 Å². The molecule has 0 saturated carbocycles. The highest BCUT2D eigenvalue weighted by Gasteiger charge is 2.23. The first-order chi connectivity index (χ1) is 11.2. The molecule has 1 aliphatic heterocycles. The van der Waals surface area contributed by atoms with E-state index < -0.39 is 0 Å². The van der Waals surface area contributed by atoms with Crippen molar-refractivity contribution < 1.29 is 9.47 Å². The van der Waals surface area contributed by atoms with E-state index in [4.69, 9.17) is 9.47 Å². The first-order valence-corrected chi connectivity index (χ1v) is 8.05. The summed E-state index contributed by atoms with van der Waals surface area (Å²) >= 11 is 0. The molecule has 1 aromatic carbocycles. The predicted molar refractivity (Wildman–Crippen MR) is 88.6 cm³/mol. The molecule has 122 valence electrons. The van der Waals surface area contributed by atoms with Crippen molar-refractivity contribution in [2.75, 3.05) is 32.8 Å². The van der Waals surface area contributed by atoms with Gasteiger partial charge in [0.2, 0.25) is 0 Å².